The van der Waals surface area contributed by atoms with Crippen molar-refractivity contribution in [3.8, 4) is 5.75 Å². The Kier molecular flexibility index (Phi) is 5.17. The van der Waals surface area contributed by atoms with Crippen LogP contribution in [-0.2, 0) is 9.57 Å². The molecule has 1 aliphatic rings. The lowest BCUT2D eigenvalue weighted by atomic mass is 10.1. The molecule has 3 rings (SSSR count). The molecule has 0 bridgehead atoms. The van der Waals surface area contributed by atoms with E-state index in [-0.39, 0.29) is 18.7 Å². The zero-order valence-electron chi connectivity index (χ0n) is 13.0. The summed E-state index contributed by atoms with van der Waals surface area (Å²) < 4.78 is 11.5. The first kappa shape index (κ1) is 16.5. The molecule has 1 atom stereocenters. The topological polar surface area (TPSA) is 56.8 Å². The van der Waals surface area contributed by atoms with E-state index in [0.29, 0.717) is 5.56 Å². The molecule has 1 N–H and O–H groups in total. The van der Waals surface area contributed by atoms with E-state index in [1.165, 1.54) is 0 Å². The molecular formula is C18H16BrNO4. The van der Waals surface area contributed by atoms with Crippen LogP contribution in [0.5, 0.6) is 5.75 Å². The van der Waals surface area contributed by atoms with Crippen molar-refractivity contribution in [2.24, 2.45) is 0 Å². The van der Waals surface area contributed by atoms with Crippen LogP contribution in [0.15, 0.2) is 59.1 Å². The molecule has 0 amide bonds. The van der Waals surface area contributed by atoms with Crippen LogP contribution in [0.2, 0.25) is 0 Å². The molecule has 2 aromatic carbocycles. The first-order valence-corrected chi connectivity index (χ1v) is 8.16. The number of ether oxygens (including phenoxy) is 2. The van der Waals surface area contributed by atoms with Gasteiger partial charge in [0.2, 0.25) is 0 Å². The molecule has 6 heteroatoms. The van der Waals surface area contributed by atoms with Crippen molar-refractivity contribution in [3.05, 3.63) is 70.2 Å². The van der Waals surface area contributed by atoms with Gasteiger partial charge in [-0.1, -0.05) is 28.1 Å². The highest BCUT2D eigenvalue weighted by molar-refractivity contribution is 9.10. The highest BCUT2D eigenvalue weighted by atomic mass is 79.9. The van der Waals surface area contributed by atoms with E-state index < -0.39 is 0 Å². The fourth-order valence-electron chi connectivity index (χ4n) is 2.31. The van der Waals surface area contributed by atoms with Crippen molar-refractivity contribution in [1.82, 2.24) is 5.48 Å². The first-order chi connectivity index (χ1) is 11.7. The van der Waals surface area contributed by atoms with Crippen LogP contribution in [0.1, 0.15) is 15.9 Å². The third kappa shape index (κ3) is 3.77. The number of benzene rings is 2. The van der Waals surface area contributed by atoms with Crippen LogP contribution in [0.25, 0.3) is 5.70 Å². The first-order valence-electron chi connectivity index (χ1n) is 7.37. The molecule has 5 nitrogen and oxygen atoms in total. The molecule has 2 aromatic rings. The molecule has 0 radical (unpaired) electrons. The number of nitrogens with one attached hydrogen (secondary N) is 1. The average Bonchev–Trinajstić information content (AvgIpc) is 3.09. The number of methoxy groups -OCH3 is 1. The summed E-state index contributed by atoms with van der Waals surface area (Å²) in [6.07, 6.45) is 1.51. The Morgan fingerprint density at radius 2 is 1.96 bits per heavy atom. The standard InChI is InChI=1S/C18H16BrNO4/c1-22-17-5-3-2-4-15(17)16-10-14(24-20-16)11-23-18(21)12-6-8-13(19)9-7-12/h2-10,14,20H,11H2,1H3/t14-/m1/s1. The van der Waals surface area contributed by atoms with E-state index in [2.05, 4.69) is 21.4 Å². The number of carbonyl (C=O) groups is 1. The van der Waals surface area contributed by atoms with Gasteiger partial charge in [-0.3, -0.25) is 10.3 Å². The fourth-order valence-corrected chi connectivity index (χ4v) is 2.58. The minimum atomic E-state index is -0.384. The van der Waals surface area contributed by atoms with Crippen molar-refractivity contribution in [2.45, 2.75) is 6.10 Å². The summed E-state index contributed by atoms with van der Waals surface area (Å²) in [7, 11) is 1.62. The van der Waals surface area contributed by atoms with E-state index in [1.807, 2.05) is 30.3 Å². The van der Waals surface area contributed by atoms with Gasteiger partial charge in [0.05, 0.1) is 18.4 Å². The van der Waals surface area contributed by atoms with Crippen molar-refractivity contribution in [3.63, 3.8) is 0 Å². The van der Waals surface area contributed by atoms with E-state index >= 15 is 0 Å². The molecular weight excluding hydrogens is 374 g/mol. The van der Waals surface area contributed by atoms with E-state index in [9.17, 15) is 4.79 Å². The zero-order chi connectivity index (χ0) is 16.9. The van der Waals surface area contributed by atoms with Crippen molar-refractivity contribution in [2.75, 3.05) is 13.7 Å². The van der Waals surface area contributed by atoms with Crippen LogP contribution < -0.4 is 10.2 Å². The maximum Gasteiger partial charge on any atom is 0.338 e. The summed E-state index contributed by atoms with van der Waals surface area (Å²) in [6, 6.07) is 14.6. The molecule has 0 saturated heterocycles. The van der Waals surface area contributed by atoms with Crippen LogP contribution in [0.4, 0.5) is 0 Å². The lowest BCUT2D eigenvalue weighted by molar-refractivity contribution is -0.00355. The fraction of sp³-hybridized carbons (Fsp3) is 0.167. The SMILES string of the molecule is COc1ccccc1C1=C[C@H](COC(=O)c2ccc(Br)cc2)ON1. The Balaban J connectivity index is 1.62. The van der Waals surface area contributed by atoms with E-state index in [1.54, 1.807) is 31.4 Å². The lowest BCUT2D eigenvalue weighted by Crippen LogP contribution is -2.20. The number of hydroxylamine groups is 1. The Morgan fingerprint density at radius 3 is 2.71 bits per heavy atom. The lowest BCUT2D eigenvalue weighted by Gasteiger charge is -2.09. The normalized spacial score (nSPS) is 16.2. The number of carbonyl (C=O) groups excluding carboxylic acids is 1. The van der Waals surface area contributed by atoms with Gasteiger partial charge in [-0.2, -0.15) is 0 Å². The maximum absolute atomic E-state index is 12.0. The molecule has 0 aromatic heterocycles. The zero-order valence-corrected chi connectivity index (χ0v) is 14.6. The number of para-hydroxylation sites is 1. The molecule has 124 valence electrons. The predicted molar refractivity (Wildman–Crippen MR) is 93.4 cm³/mol. The van der Waals surface area contributed by atoms with Crippen LogP contribution in [0, 0.1) is 0 Å². The monoisotopic (exact) mass is 389 g/mol. The van der Waals surface area contributed by atoms with Gasteiger partial charge < -0.3 is 9.47 Å². The summed E-state index contributed by atoms with van der Waals surface area (Å²) in [5.41, 5.74) is 5.03. The second-order valence-electron chi connectivity index (χ2n) is 5.14. The Labute approximate surface area is 148 Å². The van der Waals surface area contributed by atoms with E-state index in [4.69, 9.17) is 14.3 Å². The van der Waals surface area contributed by atoms with Gasteiger partial charge in [-0.25, -0.2) is 4.79 Å². The Morgan fingerprint density at radius 1 is 1.21 bits per heavy atom. The van der Waals surface area contributed by atoms with Crippen molar-refractivity contribution < 1.29 is 19.1 Å². The van der Waals surface area contributed by atoms with Crippen LogP contribution in [0.3, 0.4) is 0 Å². The average molecular weight is 390 g/mol. The highest BCUT2D eigenvalue weighted by Gasteiger charge is 2.21. The number of halogens is 1. The number of esters is 1. The van der Waals surface area contributed by atoms with Gasteiger partial charge in [0.15, 0.2) is 0 Å². The predicted octanol–water partition coefficient (Wildman–Crippen LogP) is 3.56. The summed E-state index contributed by atoms with van der Waals surface area (Å²) >= 11 is 3.33. The summed E-state index contributed by atoms with van der Waals surface area (Å²) in [5.74, 6) is 0.359. The van der Waals surface area contributed by atoms with Crippen LogP contribution >= 0.6 is 15.9 Å². The largest absolute Gasteiger partial charge is 0.496 e. The van der Waals surface area contributed by atoms with E-state index in [0.717, 1.165) is 21.5 Å². The quantitative estimate of drug-likeness (QED) is 0.792. The van der Waals surface area contributed by atoms with Crippen molar-refractivity contribution in [1.29, 1.82) is 0 Å². The molecule has 24 heavy (non-hydrogen) atoms. The van der Waals surface area contributed by atoms with Gasteiger partial charge in [-0.15, -0.1) is 0 Å². The van der Waals surface area contributed by atoms with Gasteiger partial charge in [0.1, 0.15) is 18.5 Å². The molecule has 1 heterocycles. The molecule has 0 spiro atoms. The molecule has 0 unspecified atom stereocenters. The third-order valence-corrected chi connectivity index (χ3v) is 4.06. The molecule has 0 aliphatic carbocycles. The molecule has 0 fully saturated rings. The Bertz CT molecular complexity index is 758. The summed E-state index contributed by atoms with van der Waals surface area (Å²) in [6.45, 7) is 0.126. The smallest absolute Gasteiger partial charge is 0.338 e. The minimum absolute atomic E-state index is 0.126. The van der Waals surface area contributed by atoms with Crippen molar-refractivity contribution >= 4 is 27.6 Å². The number of hydrogen-bond acceptors (Lipinski definition) is 5. The second kappa shape index (κ2) is 7.51. The van der Waals surface area contributed by atoms with Gasteiger partial charge in [0.25, 0.3) is 0 Å². The van der Waals surface area contributed by atoms with Gasteiger partial charge in [-0.05, 0) is 42.5 Å². The second-order valence-corrected chi connectivity index (χ2v) is 6.06. The third-order valence-electron chi connectivity index (χ3n) is 3.53. The van der Waals surface area contributed by atoms with Gasteiger partial charge in [0, 0.05) is 10.0 Å². The highest BCUT2D eigenvalue weighted by Crippen LogP contribution is 2.27. The summed E-state index contributed by atoms with van der Waals surface area (Å²) in [4.78, 5) is 17.5. The molecule has 0 saturated carbocycles. The number of hydrogen-bond donors (Lipinski definition) is 1. The number of rotatable bonds is 5. The summed E-state index contributed by atoms with van der Waals surface area (Å²) in [5, 5.41) is 0. The van der Waals surface area contributed by atoms with Gasteiger partial charge >= 0.3 is 5.97 Å². The maximum atomic E-state index is 12.0. The minimum Gasteiger partial charge on any atom is -0.496 e. The Hall–Kier alpha value is -2.31. The molecule has 1 aliphatic heterocycles. The van der Waals surface area contributed by atoms with Crippen LogP contribution in [-0.4, -0.2) is 25.8 Å².